The zero-order chi connectivity index (χ0) is 23.7. The molecule has 0 bridgehead atoms. The molecular formula is C22H23BrN8O3. The molecule has 34 heavy (non-hydrogen) atoms. The van der Waals surface area contributed by atoms with Crippen LogP contribution in [0.25, 0.3) is 28.4 Å². The first kappa shape index (κ1) is 22.3. The Balaban J connectivity index is 1.45. The van der Waals surface area contributed by atoms with Crippen LogP contribution in [0, 0.1) is 0 Å². The number of methoxy groups -OCH3 is 1. The third kappa shape index (κ3) is 4.09. The smallest absolute Gasteiger partial charge is 0.286 e. The molecular weight excluding hydrogens is 504 g/mol. The number of halogens is 1. The summed E-state index contributed by atoms with van der Waals surface area (Å²) >= 11 is 3.35. The molecule has 176 valence electrons. The number of hydrogen-bond donors (Lipinski definition) is 1. The van der Waals surface area contributed by atoms with Gasteiger partial charge in [0.2, 0.25) is 5.78 Å². The zero-order valence-corrected chi connectivity index (χ0v) is 20.4. The van der Waals surface area contributed by atoms with Crippen molar-refractivity contribution in [2.45, 2.75) is 45.6 Å². The number of aromatic amines is 1. The second-order valence-electron chi connectivity index (χ2n) is 7.89. The van der Waals surface area contributed by atoms with Crippen molar-refractivity contribution >= 4 is 32.9 Å². The maximum Gasteiger partial charge on any atom is 0.286 e. The first-order chi connectivity index (χ1) is 16.6. The predicted molar refractivity (Wildman–Crippen MR) is 128 cm³/mol. The molecule has 0 radical (unpaired) electrons. The Morgan fingerprint density at radius 3 is 2.88 bits per heavy atom. The third-order valence-electron chi connectivity index (χ3n) is 5.63. The Morgan fingerprint density at radius 2 is 2.06 bits per heavy atom. The molecule has 0 aliphatic heterocycles. The number of benzene rings is 1. The number of aromatic nitrogens is 8. The third-order valence-corrected chi connectivity index (χ3v) is 6.00. The Labute approximate surface area is 202 Å². The molecule has 0 amide bonds. The minimum atomic E-state index is -0.236. The summed E-state index contributed by atoms with van der Waals surface area (Å²) in [6, 6.07) is 7.42. The summed E-state index contributed by atoms with van der Waals surface area (Å²) in [7, 11) is 1.61. The van der Waals surface area contributed by atoms with E-state index < -0.39 is 0 Å². The summed E-state index contributed by atoms with van der Waals surface area (Å²) in [4.78, 5) is 25.2. The lowest BCUT2D eigenvalue weighted by Gasteiger charge is -2.09. The molecule has 0 saturated carbocycles. The van der Waals surface area contributed by atoms with Gasteiger partial charge in [0.25, 0.3) is 11.4 Å². The van der Waals surface area contributed by atoms with Crippen LogP contribution in [-0.4, -0.2) is 46.4 Å². The van der Waals surface area contributed by atoms with Gasteiger partial charge in [-0.1, -0.05) is 31.0 Å². The molecule has 4 heterocycles. The molecule has 1 aromatic carbocycles. The zero-order valence-electron chi connectivity index (χ0n) is 18.8. The number of rotatable bonds is 9. The molecule has 0 unspecified atom stereocenters. The SMILES string of the molecule is CCCCCn1c2nc(Br)[nH]c2c(=O)n2c(CCc3noc(-c4cccc(OC)c4)n3)nnc12. The highest BCUT2D eigenvalue weighted by atomic mass is 79.9. The summed E-state index contributed by atoms with van der Waals surface area (Å²) in [5.41, 5.74) is 1.52. The minimum Gasteiger partial charge on any atom is -0.497 e. The molecule has 1 N–H and O–H groups in total. The summed E-state index contributed by atoms with van der Waals surface area (Å²) in [5, 5.41) is 12.7. The number of unbranched alkanes of at least 4 members (excludes halogenated alkanes) is 2. The van der Waals surface area contributed by atoms with Crippen LogP contribution in [0.2, 0.25) is 0 Å². The normalized spacial score (nSPS) is 11.6. The number of aryl methyl sites for hydroxylation is 3. The molecule has 0 aliphatic rings. The van der Waals surface area contributed by atoms with Gasteiger partial charge in [-0.05, 0) is 40.5 Å². The summed E-state index contributed by atoms with van der Waals surface area (Å²) in [5.74, 6) is 2.64. The van der Waals surface area contributed by atoms with Gasteiger partial charge in [-0.3, -0.25) is 9.36 Å². The highest BCUT2D eigenvalue weighted by Gasteiger charge is 2.20. The van der Waals surface area contributed by atoms with Crippen LogP contribution in [-0.2, 0) is 19.4 Å². The number of imidazole rings is 1. The van der Waals surface area contributed by atoms with Gasteiger partial charge < -0.3 is 14.2 Å². The van der Waals surface area contributed by atoms with Crippen LogP contribution >= 0.6 is 15.9 Å². The minimum absolute atomic E-state index is 0.236. The van der Waals surface area contributed by atoms with Gasteiger partial charge in [-0.2, -0.15) is 4.98 Å². The second kappa shape index (κ2) is 9.37. The van der Waals surface area contributed by atoms with E-state index in [-0.39, 0.29) is 5.56 Å². The van der Waals surface area contributed by atoms with Crippen LogP contribution in [0.3, 0.4) is 0 Å². The maximum atomic E-state index is 13.2. The first-order valence-corrected chi connectivity index (χ1v) is 11.9. The van der Waals surface area contributed by atoms with Crippen LogP contribution < -0.4 is 10.3 Å². The summed E-state index contributed by atoms with van der Waals surface area (Å²) in [6.07, 6.45) is 3.97. The molecule has 0 fully saturated rings. The Morgan fingerprint density at radius 1 is 1.18 bits per heavy atom. The van der Waals surface area contributed by atoms with Crippen molar-refractivity contribution in [3.8, 4) is 17.2 Å². The number of nitrogens with one attached hydrogen (secondary N) is 1. The predicted octanol–water partition coefficient (Wildman–Crippen LogP) is 3.56. The topological polar surface area (TPSA) is 129 Å². The molecule has 5 rings (SSSR count). The van der Waals surface area contributed by atoms with Crippen LogP contribution in [0.5, 0.6) is 5.75 Å². The van der Waals surface area contributed by atoms with E-state index in [1.165, 1.54) is 0 Å². The second-order valence-corrected chi connectivity index (χ2v) is 8.64. The Bertz CT molecular complexity index is 1520. The molecule has 0 spiro atoms. The average molecular weight is 527 g/mol. The summed E-state index contributed by atoms with van der Waals surface area (Å²) in [6.45, 7) is 2.84. The lowest BCUT2D eigenvalue weighted by atomic mass is 10.2. The van der Waals surface area contributed by atoms with E-state index in [1.807, 2.05) is 28.8 Å². The number of nitrogens with zero attached hydrogens (tertiary/aromatic N) is 7. The van der Waals surface area contributed by atoms with Gasteiger partial charge in [0.05, 0.1) is 7.11 Å². The van der Waals surface area contributed by atoms with Crippen molar-refractivity contribution in [2.24, 2.45) is 0 Å². The van der Waals surface area contributed by atoms with Crippen molar-refractivity contribution in [3.63, 3.8) is 0 Å². The Hall–Kier alpha value is -3.54. The lowest BCUT2D eigenvalue weighted by Crippen LogP contribution is -2.21. The van der Waals surface area contributed by atoms with Crippen molar-refractivity contribution in [1.82, 2.24) is 39.3 Å². The molecule has 5 aromatic rings. The number of ether oxygens (including phenoxy) is 1. The average Bonchev–Trinajstić information content (AvgIpc) is 3.58. The highest BCUT2D eigenvalue weighted by molar-refractivity contribution is 9.10. The van der Waals surface area contributed by atoms with Crippen molar-refractivity contribution < 1.29 is 9.26 Å². The van der Waals surface area contributed by atoms with E-state index in [0.29, 0.717) is 64.4 Å². The molecule has 12 heteroatoms. The number of fused-ring (bicyclic) bond motifs is 2. The maximum absolute atomic E-state index is 13.2. The first-order valence-electron chi connectivity index (χ1n) is 11.1. The molecule has 0 atom stereocenters. The van der Waals surface area contributed by atoms with E-state index in [4.69, 9.17) is 9.26 Å². The van der Waals surface area contributed by atoms with Crippen LogP contribution in [0.1, 0.15) is 37.8 Å². The van der Waals surface area contributed by atoms with E-state index in [2.05, 4.69) is 53.2 Å². The van der Waals surface area contributed by atoms with Gasteiger partial charge in [0.15, 0.2) is 21.7 Å². The van der Waals surface area contributed by atoms with E-state index in [9.17, 15) is 4.79 Å². The van der Waals surface area contributed by atoms with E-state index in [0.717, 1.165) is 24.8 Å². The molecule has 0 aliphatic carbocycles. The van der Waals surface area contributed by atoms with E-state index >= 15 is 0 Å². The van der Waals surface area contributed by atoms with Gasteiger partial charge >= 0.3 is 0 Å². The van der Waals surface area contributed by atoms with Crippen LogP contribution in [0.4, 0.5) is 0 Å². The van der Waals surface area contributed by atoms with Gasteiger partial charge in [-0.15, -0.1) is 10.2 Å². The standard InChI is InChI=1S/C22H23BrN8O3/c1-3-4-5-11-30-18-17(25-21(23)26-18)20(32)31-16(27-28-22(30)31)10-9-15-24-19(34-29-15)13-7-6-8-14(12-13)33-2/h6-8,12H,3-5,9-11H2,1-2H3,(H,25,26). The molecule has 11 nitrogen and oxygen atoms in total. The summed E-state index contributed by atoms with van der Waals surface area (Å²) < 4.78 is 14.7. The van der Waals surface area contributed by atoms with Crippen LogP contribution in [0.15, 0.2) is 38.3 Å². The van der Waals surface area contributed by atoms with Crippen molar-refractivity contribution in [2.75, 3.05) is 7.11 Å². The lowest BCUT2D eigenvalue weighted by molar-refractivity contribution is 0.412. The van der Waals surface area contributed by atoms with Crippen molar-refractivity contribution in [1.29, 1.82) is 0 Å². The fourth-order valence-electron chi connectivity index (χ4n) is 3.92. The van der Waals surface area contributed by atoms with Crippen molar-refractivity contribution in [3.05, 3.63) is 51.0 Å². The molecule has 0 saturated heterocycles. The van der Waals surface area contributed by atoms with Gasteiger partial charge in [0, 0.05) is 24.9 Å². The monoisotopic (exact) mass is 526 g/mol. The number of hydrogen-bond acceptors (Lipinski definition) is 8. The van der Waals surface area contributed by atoms with E-state index in [1.54, 1.807) is 11.5 Å². The van der Waals surface area contributed by atoms with Gasteiger partial charge in [0.1, 0.15) is 11.6 Å². The molecule has 4 aromatic heterocycles. The number of H-pyrrole nitrogens is 1. The largest absolute Gasteiger partial charge is 0.497 e. The fraction of sp³-hybridized carbons (Fsp3) is 0.364. The van der Waals surface area contributed by atoms with Gasteiger partial charge in [-0.25, -0.2) is 9.38 Å². The fourth-order valence-corrected chi connectivity index (χ4v) is 4.28. The highest BCUT2D eigenvalue weighted by Crippen LogP contribution is 2.22. The quantitative estimate of drug-likeness (QED) is 0.228. The Kier molecular flexibility index (Phi) is 6.14.